The average molecular weight is 293 g/mol. The molecule has 0 bridgehead atoms. The third-order valence-corrected chi connectivity index (χ3v) is 3.79. The number of likely N-dealkylation sites (N-methyl/N-ethyl adjacent to an activating group) is 1. The summed E-state index contributed by atoms with van der Waals surface area (Å²) in [5.41, 5.74) is 1.28. The molecule has 0 aliphatic heterocycles. The van der Waals surface area contributed by atoms with E-state index in [4.69, 9.17) is 16.0 Å². The number of benzene rings is 1. The zero-order valence-corrected chi connectivity index (χ0v) is 12.7. The fraction of sp³-hybridized carbons (Fsp3) is 0.375. The van der Waals surface area contributed by atoms with Crippen molar-refractivity contribution in [3.63, 3.8) is 0 Å². The van der Waals surface area contributed by atoms with Crippen molar-refractivity contribution in [1.82, 2.24) is 10.2 Å². The number of halogens is 1. The van der Waals surface area contributed by atoms with Gasteiger partial charge in [0.1, 0.15) is 5.76 Å². The van der Waals surface area contributed by atoms with Crippen molar-refractivity contribution >= 4 is 11.6 Å². The highest BCUT2D eigenvalue weighted by atomic mass is 35.5. The molecule has 0 spiro atoms. The molecule has 1 aromatic heterocycles. The van der Waals surface area contributed by atoms with Crippen LogP contribution in [-0.2, 0) is 6.54 Å². The molecular weight excluding hydrogens is 272 g/mol. The fourth-order valence-electron chi connectivity index (χ4n) is 2.07. The van der Waals surface area contributed by atoms with E-state index in [1.54, 1.807) is 6.26 Å². The van der Waals surface area contributed by atoms with E-state index in [1.165, 1.54) is 5.56 Å². The zero-order chi connectivity index (χ0) is 14.4. The van der Waals surface area contributed by atoms with Crippen LogP contribution in [0.5, 0.6) is 0 Å². The first-order valence-corrected chi connectivity index (χ1v) is 7.23. The zero-order valence-electron chi connectivity index (χ0n) is 12.0. The Morgan fingerprint density at radius 3 is 2.65 bits per heavy atom. The van der Waals surface area contributed by atoms with Crippen molar-refractivity contribution < 1.29 is 4.42 Å². The predicted molar refractivity (Wildman–Crippen MR) is 82.9 cm³/mol. The van der Waals surface area contributed by atoms with Gasteiger partial charge in [-0.3, -0.25) is 4.90 Å². The maximum Gasteiger partial charge on any atom is 0.117 e. The Bertz CT molecular complexity index is 496. The maximum atomic E-state index is 5.91. The van der Waals surface area contributed by atoms with Crippen molar-refractivity contribution in [2.75, 3.05) is 20.1 Å². The lowest BCUT2D eigenvalue weighted by molar-refractivity contribution is 0.260. The second kappa shape index (κ2) is 7.48. The molecule has 2 aromatic rings. The second-order valence-electron chi connectivity index (χ2n) is 4.96. The molecule has 0 fully saturated rings. The van der Waals surface area contributed by atoms with Gasteiger partial charge in [0, 0.05) is 24.2 Å². The van der Waals surface area contributed by atoms with E-state index in [2.05, 4.69) is 36.3 Å². The number of furan rings is 1. The molecule has 1 N–H and O–H groups in total. The second-order valence-corrected chi connectivity index (χ2v) is 5.40. The van der Waals surface area contributed by atoms with Crippen LogP contribution in [0.1, 0.15) is 24.3 Å². The van der Waals surface area contributed by atoms with Gasteiger partial charge in [-0.15, -0.1) is 0 Å². The summed E-state index contributed by atoms with van der Waals surface area (Å²) in [6.07, 6.45) is 1.70. The van der Waals surface area contributed by atoms with Crippen LogP contribution >= 0.6 is 11.6 Å². The first-order valence-electron chi connectivity index (χ1n) is 6.85. The molecule has 3 nitrogen and oxygen atoms in total. The maximum absolute atomic E-state index is 5.91. The summed E-state index contributed by atoms with van der Waals surface area (Å²) in [6, 6.07) is 12.3. The standard InChI is InChI=1S/C16H21ClN2O/c1-13(14-5-7-15(17)8-6-14)19(2)10-9-18-12-16-4-3-11-20-16/h3-8,11,13,18H,9-10,12H2,1-2H3. The minimum atomic E-state index is 0.373. The molecule has 2 rings (SSSR count). The lowest BCUT2D eigenvalue weighted by atomic mass is 10.1. The third-order valence-electron chi connectivity index (χ3n) is 3.53. The smallest absolute Gasteiger partial charge is 0.117 e. The molecule has 1 unspecified atom stereocenters. The summed E-state index contributed by atoms with van der Waals surface area (Å²) >= 11 is 5.91. The van der Waals surface area contributed by atoms with Crippen molar-refractivity contribution in [2.24, 2.45) is 0 Å². The highest BCUT2D eigenvalue weighted by molar-refractivity contribution is 6.30. The van der Waals surface area contributed by atoms with Crippen LogP contribution in [0.3, 0.4) is 0 Å². The van der Waals surface area contributed by atoms with E-state index in [9.17, 15) is 0 Å². The molecule has 1 heterocycles. The lowest BCUT2D eigenvalue weighted by Crippen LogP contribution is -2.30. The van der Waals surface area contributed by atoms with Crippen molar-refractivity contribution in [3.05, 3.63) is 59.0 Å². The Morgan fingerprint density at radius 2 is 2.00 bits per heavy atom. The number of nitrogens with zero attached hydrogens (tertiary/aromatic N) is 1. The van der Waals surface area contributed by atoms with Crippen molar-refractivity contribution in [3.8, 4) is 0 Å². The number of rotatable bonds is 7. The van der Waals surface area contributed by atoms with Crippen molar-refractivity contribution in [2.45, 2.75) is 19.5 Å². The number of nitrogens with one attached hydrogen (secondary N) is 1. The molecule has 0 radical (unpaired) electrons. The van der Waals surface area contributed by atoms with Gasteiger partial charge in [0.25, 0.3) is 0 Å². The summed E-state index contributed by atoms with van der Waals surface area (Å²) in [4.78, 5) is 2.32. The first kappa shape index (κ1) is 15.1. The van der Waals surface area contributed by atoms with Crippen LogP contribution in [0, 0.1) is 0 Å². The molecule has 0 saturated carbocycles. The van der Waals surface area contributed by atoms with Crippen LogP contribution in [0.25, 0.3) is 0 Å². The highest BCUT2D eigenvalue weighted by Gasteiger charge is 2.10. The largest absolute Gasteiger partial charge is 0.468 e. The van der Waals surface area contributed by atoms with Gasteiger partial charge in [-0.25, -0.2) is 0 Å². The summed E-state index contributed by atoms with van der Waals surface area (Å²) in [7, 11) is 2.13. The van der Waals surface area contributed by atoms with Gasteiger partial charge in [0.2, 0.25) is 0 Å². The SMILES string of the molecule is CC(c1ccc(Cl)cc1)N(C)CCNCc1ccco1. The van der Waals surface area contributed by atoms with E-state index in [0.29, 0.717) is 6.04 Å². The van der Waals surface area contributed by atoms with E-state index < -0.39 is 0 Å². The van der Waals surface area contributed by atoms with Crippen LogP contribution in [0.4, 0.5) is 0 Å². The average Bonchev–Trinajstić information content (AvgIpc) is 2.96. The van der Waals surface area contributed by atoms with Gasteiger partial charge >= 0.3 is 0 Å². The molecule has 0 amide bonds. The van der Waals surface area contributed by atoms with E-state index in [1.807, 2.05) is 24.3 Å². The Kier molecular flexibility index (Phi) is 5.65. The first-order chi connectivity index (χ1) is 9.66. The Labute approximate surface area is 125 Å². The third kappa shape index (κ3) is 4.37. The lowest BCUT2D eigenvalue weighted by Gasteiger charge is -2.25. The molecule has 0 saturated heterocycles. The molecule has 1 atom stereocenters. The van der Waals surface area contributed by atoms with Gasteiger partial charge in [0.15, 0.2) is 0 Å². The minimum Gasteiger partial charge on any atom is -0.468 e. The van der Waals surface area contributed by atoms with Gasteiger partial charge < -0.3 is 9.73 Å². The van der Waals surface area contributed by atoms with Gasteiger partial charge in [-0.05, 0) is 43.8 Å². The van der Waals surface area contributed by atoms with Crippen LogP contribution in [0.15, 0.2) is 47.1 Å². The van der Waals surface area contributed by atoms with E-state index >= 15 is 0 Å². The molecule has 1 aromatic carbocycles. The van der Waals surface area contributed by atoms with Crippen molar-refractivity contribution in [1.29, 1.82) is 0 Å². The minimum absolute atomic E-state index is 0.373. The van der Waals surface area contributed by atoms with Crippen LogP contribution in [0.2, 0.25) is 5.02 Å². The Morgan fingerprint density at radius 1 is 1.25 bits per heavy atom. The van der Waals surface area contributed by atoms with Crippen LogP contribution in [-0.4, -0.2) is 25.0 Å². The number of hydrogen-bond acceptors (Lipinski definition) is 3. The van der Waals surface area contributed by atoms with Gasteiger partial charge in [-0.1, -0.05) is 23.7 Å². The summed E-state index contributed by atoms with van der Waals surface area (Å²) in [5, 5.41) is 4.16. The highest BCUT2D eigenvalue weighted by Crippen LogP contribution is 2.20. The molecule has 20 heavy (non-hydrogen) atoms. The summed E-state index contributed by atoms with van der Waals surface area (Å²) < 4.78 is 5.28. The Balaban J connectivity index is 1.73. The van der Waals surface area contributed by atoms with Gasteiger partial charge in [-0.2, -0.15) is 0 Å². The molecule has 0 aliphatic carbocycles. The fourth-order valence-corrected chi connectivity index (χ4v) is 2.20. The normalized spacial score (nSPS) is 12.8. The van der Waals surface area contributed by atoms with Crippen LogP contribution < -0.4 is 5.32 Å². The Hall–Kier alpha value is -1.29. The molecule has 108 valence electrons. The van der Waals surface area contributed by atoms with E-state index in [-0.39, 0.29) is 0 Å². The number of hydrogen-bond donors (Lipinski definition) is 1. The van der Waals surface area contributed by atoms with Gasteiger partial charge in [0.05, 0.1) is 12.8 Å². The summed E-state index contributed by atoms with van der Waals surface area (Å²) in [6.45, 7) is 4.88. The topological polar surface area (TPSA) is 28.4 Å². The molecule has 4 heteroatoms. The molecule has 0 aliphatic rings. The quantitative estimate of drug-likeness (QED) is 0.789. The van der Waals surface area contributed by atoms with E-state index in [0.717, 1.165) is 30.4 Å². The monoisotopic (exact) mass is 292 g/mol. The predicted octanol–water partition coefficient (Wildman–Crippen LogP) is 3.72. The summed E-state index contributed by atoms with van der Waals surface area (Å²) in [5.74, 6) is 0.971. The molecular formula is C16H21ClN2O.